The van der Waals surface area contributed by atoms with Crippen molar-refractivity contribution in [3.8, 4) is 11.5 Å². The molecule has 2 aromatic rings. The number of hydrogen-bond donors (Lipinski definition) is 1. The van der Waals surface area contributed by atoms with Crippen LogP contribution in [0.3, 0.4) is 0 Å². The number of rotatable bonds is 1. The molecule has 0 saturated heterocycles. The molecule has 0 fully saturated rings. The van der Waals surface area contributed by atoms with Gasteiger partial charge in [0, 0.05) is 6.20 Å². The predicted octanol–water partition coefficient (Wildman–Crippen LogP) is 1.42. The summed E-state index contributed by atoms with van der Waals surface area (Å²) in [4.78, 5) is 4.65. The van der Waals surface area contributed by atoms with Crippen LogP contribution < -0.4 is 0 Å². The Morgan fingerprint density at radius 2 is 2.14 bits per heavy atom. The molecule has 0 aliphatic rings. The summed E-state index contributed by atoms with van der Waals surface area (Å²) in [7, 11) is 0. The quantitative estimate of drug-likeness (QED) is 0.741. The first-order valence-electron chi connectivity index (χ1n) is 4.51. The van der Waals surface area contributed by atoms with Gasteiger partial charge in [-0.3, -0.25) is 0 Å². The smallest absolute Gasteiger partial charge is 0.221 e. The highest BCUT2D eigenvalue weighted by Gasteiger charge is 2.17. The van der Waals surface area contributed by atoms with Crippen molar-refractivity contribution in [2.45, 2.75) is 26.3 Å². The van der Waals surface area contributed by atoms with Gasteiger partial charge in [-0.05, 0) is 38.1 Å². The van der Waals surface area contributed by atoms with Crippen LogP contribution in [-0.2, 0) is 5.54 Å². The highest BCUT2D eigenvalue weighted by molar-refractivity contribution is 5.47. The summed E-state index contributed by atoms with van der Waals surface area (Å²) in [5.74, 6) is 0.630. The number of aromatic nitrogens is 5. The van der Waals surface area contributed by atoms with Gasteiger partial charge in [-0.15, -0.1) is 10.2 Å². The Bertz CT molecular complexity index is 407. The molecule has 0 aliphatic carbocycles. The van der Waals surface area contributed by atoms with E-state index in [2.05, 4.69) is 20.4 Å². The molecule has 1 N–H and O–H groups in total. The monoisotopic (exact) mass is 191 g/mol. The number of H-pyrrole nitrogens is 1. The minimum atomic E-state index is -0.127. The van der Waals surface area contributed by atoms with Gasteiger partial charge in [-0.1, -0.05) is 0 Å². The second kappa shape index (κ2) is 2.94. The van der Waals surface area contributed by atoms with Gasteiger partial charge in [0.2, 0.25) is 5.82 Å². The van der Waals surface area contributed by atoms with Crippen LogP contribution in [0.15, 0.2) is 18.3 Å². The third-order valence-corrected chi connectivity index (χ3v) is 1.85. The van der Waals surface area contributed by atoms with Crippen molar-refractivity contribution in [1.29, 1.82) is 0 Å². The lowest BCUT2D eigenvalue weighted by Crippen LogP contribution is -2.24. The second-order valence-electron chi connectivity index (χ2n) is 4.16. The maximum absolute atomic E-state index is 4.29. The lowest BCUT2D eigenvalue weighted by Gasteiger charge is -2.15. The summed E-state index contributed by atoms with van der Waals surface area (Å²) in [6.45, 7) is 6.10. The first-order chi connectivity index (χ1) is 6.57. The lowest BCUT2D eigenvalue weighted by molar-refractivity contribution is 0.306. The standard InChI is InChI=1S/C9H13N5/c1-9(2,3)14-12-8(11-13-14)7-5-4-6-10-7/h4-6,10H,1-3H3. The molecule has 0 radical (unpaired) electrons. The number of tetrazole rings is 1. The van der Waals surface area contributed by atoms with E-state index in [-0.39, 0.29) is 5.54 Å². The Labute approximate surface area is 82.1 Å². The molecular weight excluding hydrogens is 178 g/mol. The Morgan fingerprint density at radius 1 is 1.36 bits per heavy atom. The van der Waals surface area contributed by atoms with Crippen LogP contribution in [0, 0.1) is 0 Å². The molecule has 5 nitrogen and oxygen atoms in total. The van der Waals surface area contributed by atoms with Gasteiger partial charge in [-0.2, -0.15) is 4.80 Å². The maximum atomic E-state index is 4.29. The average molecular weight is 191 g/mol. The molecule has 74 valence electrons. The summed E-state index contributed by atoms with van der Waals surface area (Å²) in [6, 6.07) is 3.83. The van der Waals surface area contributed by atoms with Crippen molar-refractivity contribution < 1.29 is 0 Å². The van der Waals surface area contributed by atoms with E-state index in [1.165, 1.54) is 0 Å². The SMILES string of the molecule is CC(C)(C)n1nnc(-c2ccc[nH]2)n1. The van der Waals surface area contributed by atoms with Gasteiger partial charge < -0.3 is 4.98 Å². The summed E-state index contributed by atoms with van der Waals surface area (Å²) < 4.78 is 0. The Morgan fingerprint density at radius 3 is 2.64 bits per heavy atom. The predicted molar refractivity (Wildman–Crippen MR) is 52.6 cm³/mol. The molecule has 0 spiro atoms. The molecule has 2 rings (SSSR count). The third-order valence-electron chi connectivity index (χ3n) is 1.85. The van der Waals surface area contributed by atoms with E-state index < -0.39 is 0 Å². The van der Waals surface area contributed by atoms with Crippen molar-refractivity contribution >= 4 is 0 Å². The Hall–Kier alpha value is -1.65. The van der Waals surface area contributed by atoms with Crippen LogP contribution in [0.2, 0.25) is 0 Å². The van der Waals surface area contributed by atoms with Crippen molar-refractivity contribution in [1.82, 2.24) is 25.2 Å². The summed E-state index contributed by atoms with van der Waals surface area (Å²) in [5.41, 5.74) is 0.762. The Kier molecular flexibility index (Phi) is 1.87. The van der Waals surface area contributed by atoms with Crippen LogP contribution in [0.4, 0.5) is 0 Å². The van der Waals surface area contributed by atoms with Crippen LogP contribution in [0.1, 0.15) is 20.8 Å². The van der Waals surface area contributed by atoms with Gasteiger partial charge in [-0.25, -0.2) is 0 Å². The fourth-order valence-corrected chi connectivity index (χ4v) is 1.08. The molecule has 0 aliphatic heterocycles. The van der Waals surface area contributed by atoms with Crippen LogP contribution in [-0.4, -0.2) is 25.2 Å². The van der Waals surface area contributed by atoms with Crippen LogP contribution in [0.25, 0.3) is 11.5 Å². The molecule has 0 saturated carbocycles. The number of nitrogens with zero attached hydrogens (tertiary/aromatic N) is 4. The van der Waals surface area contributed by atoms with Gasteiger partial charge in [0.05, 0.1) is 11.2 Å². The van der Waals surface area contributed by atoms with Crippen molar-refractivity contribution in [2.24, 2.45) is 0 Å². The Balaban J connectivity index is 2.36. The number of aromatic amines is 1. The first kappa shape index (κ1) is 8.93. The summed E-state index contributed by atoms with van der Waals surface area (Å²) in [6.07, 6.45) is 1.84. The van der Waals surface area contributed by atoms with E-state index in [0.29, 0.717) is 5.82 Å². The van der Waals surface area contributed by atoms with Crippen molar-refractivity contribution in [3.63, 3.8) is 0 Å². The number of hydrogen-bond acceptors (Lipinski definition) is 3. The first-order valence-corrected chi connectivity index (χ1v) is 4.51. The van der Waals surface area contributed by atoms with E-state index in [9.17, 15) is 0 Å². The van der Waals surface area contributed by atoms with E-state index >= 15 is 0 Å². The molecule has 5 heteroatoms. The molecule has 14 heavy (non-hydrogen) atoms. The van der Waals surface area contributed by atoms with Crippen molar-refractivity contribution in [2.75, 3.05) is 0 Å². The zero-order chi connectivity index (χ0) is 10.2. The topological polar surface area (TPSA) is 59.4 Å². The molecule has 0 atom stereocenters. The zero-order valence-corrected chi connectivity index (χ0v) is 8.52. The average Bonchev–Trinajstić information content (AvgIpc) is 2.73. The molecule has 0 bridgehead atoms. The van der Waals surface area contributed by atoms with Crippen LogP contribution in [0.5, 0.6) is 0 Å². The normalized spacial score (nSPS) is 11.9. The molecule has 0 unspecified atom stereocenters. The van der Waals surface area contributed by atoms with E-state index in [1.54, 1.807) is 4.80 Å². The minimum Gasteiger partial charge on any atom is -0.359 e. The second-order valence-corrected chi connectivity index (χ2v) is 4.16. The largest absolute Gasteiger partial charge is 0.359 e. The molecule has 0 amide bonds. The van der Waals surface area contributed by atoms with Gasteiger partial charge in [0.15, 0.2) is 0 Å². The van der Waals surface area contributed by atoms with Crippen LogP contribution >= 0.6 is 0 Å². The fraction of sp³-hybridized carbons (Fsp3) is 0.444. The summed E-state index contributed by atoms with van der Waals surface area (Å²) in [5, 5.41) is 12.3. The zero-order valence-electron chi connectivity index (χ0n) is 8.52. The van der Waals surface area contributed by atoms with E-state index in [1.807, 2.05) is 39.1 Å². The van der Waals surface area contributed by atoms with Gasteiger partial charge in [0.25, 0.3) is 0 Å². The van der Waals surface area contributed by atoms with Gasteiger partial charge in [0.1, 0.15) is 0 Å². The van der Waals surface area contributed by atoms with Crippen molar-refractivity contribution in [3.05, 3.63) is 18.3 Å². The fourth-order valence-electron chi connectivity index (χ4n) is 1.08. The highest BCUT2D eigenvalue weighted by atomic mass is 15.6. The third kappa shape index (κ3) is 1.53. The molecule has 2 aromatic heterocycles. The summed E-state index contributed by atoms with van der Waals surface area (Å²) >= 11 is 0. The highest BCUT2D eigenvalue weighted by Crippen LogP contribution is 2.14. The van der Waals surface area contributed by atoms with Gasteiger partial charge >= 0.3 is 0 Å². The molecule has 0 aromatic carbocycles. The number of nitrogens with one attached hydrogen (secondary N) is 1. The van der Waals surface area contributed by atoms with E-state index in [0.717, 1.165) is 5.69 Å². The molecular formula is C9H13N5. The van der Waals surface area contributed by atoms with E-state index in [4.69, 9.17) is 0 Å². The maximum Gasteiger partial charge on any atom is 0.221 e. The lowest BCUT2D eigenvalue weighted by atomic mass is 10.1. The molecule has 2 heterocycles. The minimum absolute atomic E-state index is 0.127.